The van der Waals surface area contributed by atoms with Crippen molar-refractivity contribution in [2.24, 2.45) is 0 Å². The minimum absolute atomic E-state index is 0.194. The Morgan fingerprint density at radius 1 is 1.16 bits per heavy atom. The van der Waals surface area contributed by atoms with Crippen molar-refractivity contribution in [1.29, 1.82) is 0 Å². The lowest BCUT2D eigenvalue weighted by atomic mass is 9.95. The first kappa shape index (κ1) is 14.2. The lowest BCUT2D eigenvalue weighted by Gasteiger charge is -2.18. The second kappa shape index (κ2) is 6.31. The highest BCUT2D eigenvalue weighted by molar-refractivity contribution is 9.10. The van der Waals surface area contributed by atoms with Gasteiger partial charge in [0.15, 0.2) is 0 Å². The number of rotatable bonds is 4. The van der Waals surface area contributed by atoms with E-state index in [9.17, 15) is 4.39 Å². The molecule has 2 aromatic rings. The number of hydrogen-bond donors (Lipinski definition) is 1. The molecule has 1 nitrogen and oxygen atoms in total. The fourth-order valence-corrected chi connectivity index (χ4v) is 2.60. The molecule has 0 aliphatic heterocycles. The third kappa shape index (κ3) is 3.23. The summed E-state index contributed by atoms with van der Waals surface area (Å²) < 4.78 is 14.9. The molecule has 0 spiro atoms. The van der Waals surface area contributed by atoms with Crippen LogP contribution in [0.5, 0.6) is 0 Å². The van der Waals surface area contributed by atoms with Crippen molar-refractivity contribution in [3.05, 3.63) is 58.3 Å². The van der Waals surface area contributed by atoms with Gasteiger partial charge in [-0.2, -0.15) is 0 Å². The number of halogens is 2. The maximum atomic E-state index is 14.0. The van der Waals surface area contributed by atoms with Crippen LogP contribution in [-0.4, -0.2) is 6.54 Å². The van der Waals surface area contributed by atoms with E-state index in [1.54, 1.807) is 6.07 Å². The average Bonchev–Trinajstić information content (AvgIpc) is 2.42. The molecule has 19 heavy (non-hydrogen) atoms. The fourth-order valence-electron chi connectivity index (χ4n) is 2.24. The molecule has 1 unspecified atom stereocenters. The van der Waals surface area contributed by atoms with Gasteiger partial charge in [0, 0.05) is 16.1 Å². The molecule has 0 heterocycles. The van der Waals surface area contributed by atoms with E-state index in [0.717, 1.165) is 22.1 Å². The normalized spacial score (nSPS) is 12.4. The van der Waals surface area contributed by atoms with Crippen LogP contribution in [0.4, 0.5) is 4.39 Å². The van der Waals surface area contributed by atoms with E-state index in [2.05, 4.69) is 35.1 Å². The molecule has 0 aliphatic carbocycles. The van der Waals surface area contributed by atoms with Crippen LogP contribution < -0.4 is 5.32 Å². The number of benzene rings is 2. The van der Waals surface area contributed by atoms with Gasteiger partial charge < -0.3 is 5.32 Å². The van der Waals surface area contributed by atoms with E-state index in [1.165, 1.54) is 6.07 Å². The molecule has 2 aromatic carbocycles. The molecule has 0 aliphatic rings. The molecule has 100 valence electrons. The van der Waals surface area contributed by atoms with Crippen LogP contribution in [0.3, 0.4) is 0 Å². The Morgan fingerprint density at radius 2 is 1.89 bits per heavy atom. The van der Waals surface area contributed by atoms with Crippen molar-refractivity contribution in [3.8, 4) is 11.1 Å². The molecule has 0 fully saturated rings. The van der Waals surface area contributed by atoms with Crippen LogP contribution >= 0.6 is 15.9 Å². The zero-order chi connectivity index (χ0) is 13.8. The van der Waals surface area contributed by atoms with Crippen LogP contribution in [0.25, 0.3) is 11.1 Å². The molecule has 0 saturated carbocycles. The van der Waals surface area contributed by atoms with E-state index in [-0.39, 0.29) is 11.9 Å². The highest BCUT2D eigenvalue weighted by Crippen LogP contribution is 2.31. The van der Waals surface area contributed by atoms with Crippen molar-refractivity contribution in [2.45, 2.75) is 19.9 Å². The second-order valence-electron chi connectivity index (χ2n) is 4.49. The molecule has 0 aromatic heterocycles. The van der Waals surface area contributed by atoms with Gasteiger partial charge in [-0.05, 0) is 42.8 Å². The van der Waals surface area contributed by atoms with Gasteiger partial charge in [-0.1, -0.05) is 47.1 Å². The van der Waals surface area contributed by atoms with Crippen molar-refractivity contribution in [2.75, 3.05) is 6.54 Å². The Balaban J connectivity index is 2.53. The van der Waals surface area contributed by atoms with Gasteiger partial charge >= 0.3 is 0 Å². The maximum absolute atomic E-state index is 14.0. The summed E-state index contributed by atoms with van der Waals surface area (Å²) in [5, 5.41) is 3.37. The van der Waals surface area contributed by atoms with E-state index < -0.39 is 0 Å². The summed E-state index contributed by atoms with van der Waals surface area (Å²) in [6.07, 6.45) is 0. The molecule has 1 N–H and O–H groups in total. The SMILES string of the molecule is CCNC(C)c1ccccc1-c1cc(Br)ccc1F. The number of hydrogen-bond acceptors (Lipinski definition) is 1. The second-order valence-corrected chi connectivity index (χ2v) is 5.41. The molecule has 3 heteroatoms. The van der Waals surface area contributed by atoms with Crippen LogP contribution in [0.15, 0.2) is 46.9 Å². The summed E-state index contributed by atoms with van der Waals surface area (Å²) in [7, 11) is 0. The van der Waals surface area contributed by atoms with Gasteiger partial charge in [0.2, 0.25) is 0 Å². The van der Waals surface area contributed by atoms with E-state index in [0.29, 0.717) is 5.56 Å². The average molecular weight is 322 g/mol. The Kier molecular flexibility index (Phi) is 4.72. The molecule has 0 saturated heterocycles. The predicted octanol–water partition coefficient (Wildman–Crippen LogP) is 4.93. The molecular formula is C16H17BrFN. The van der Waals surface area contributed by atoms with Crippen LogP contribution in [0.1, 0.15) is 25.5 Å². The monoisotopic (exact) mass is 321 g/mol. The quantitative estimate of drug-likeness (QED) is 0.842. The summed E-state index contributed by atoms with van der Waals surface area (Å²) >= 11 is 3.40. The standard InChI is InChI=1S/C16H17BrFN/c1-3-19-11(2)13-6-4-5-7-14(13)15-10-12(17)8-9-16(15)18/h4-11,19H,3H2,1-2H3. The van der Waals surface area contributed by atoms with Crippen molar-refractivity contribution in [1.82, 2.24) is 5.32 Å². The summed E-state index contributed by atoms with van der Waals surface area (Å²) in [6, 6.07) is 13.2. The summed E-state index contributed by atoms with van der Waals surface area (Å²) in [5.74, 6) is -0.195. The molecular weight excluding hydrogens is 305 g/mol. The van der Waals surface area contributed by atoms with Crippen molar-refractivity contribution < 1.29 is 4.39 Å². The van der Waals surface area contributed by atoms with Gasteiger partial charge in [0.25, 0.3) is 0 Å². The Labute approximate surface area is 122 Å². The van der Waals surface area contributed by atoms with Gasteiger partial charge in [-0.25, -0.2) is 4.39 Å². The fraction of sp³-hybridized carbons (Fsp3) is 0.250. The van der Waals surface area contributed by atoms with Gasteiger partial charge in [-0.3, -0.25) is 0 Å². The van der Waals surface area contributed by atoms with Gasteiger partial charge in [0.05, 0.1) is 0 Å². The molecule has 1 atom stereocenters. The van der Waals surface area contributed by atoms with Gasteiger partial charge in [-0.15, -0.1) is 0 Å². The summed E-state index contributed by atoms with van der Waals surface area (Å²) in [6.45, 7) is 5.05. The predicted molar refractivity (Wildman–Crippen MR) is 81.6 cm³/mol. The summed E-state index contributed by atoms with van der Waals surface area (Å²) in [5.41, 5.74) is 2.69. The van der Waals surface area contributed by atoms with Crippen LogP contribution in [-0.2, 0) is 0 Å². The van der Waals surface area contributed by atoms with E-state index >= 15 is 0 Å². The van der Waals surface area contributed by atoms with Crippen LogP contribution in [0.2, 0.25) is 0 Å². The zero-order valence-corrected chi connectivity index (χ0v) is 12.7. The Bertz CT molecular complexity index is 568. The molecule has 0 radical (unpaired) electrons. The van der Waals surface area contributed by atoms with Gasteiger partial charge in [0.1, 0.15) is 5.82 Å². The summed E-state index contributed by atoms with van der Waals surface area (Å²) in [4.78, 5) is 0. The highest BCUT2D eigenvalue weighted by atomic mass is 79.9. The van der Waals surface area contributed by atoms with Crippen molar-refractivity contribution in [3.63, 3.8) is 0 Å². The van der Waals surface area contributed by atoms with Crippen molar-refractivity contribution >= 4 is 15.9 Å². The topological polar surface area (TPSA) is 12.0 Å². The molecule has 0 bridgehead atoms. The molecule has 0 amide bonds. The Hall–Kier alpha value is -1.19. The third-order valence-electron chi connectivity index (χ3n) is 3.16. The lowest BCUT2D eigenvalue weighted by molar-refractivity contribution is 0.597. The number of nitrogens with one attached hydrogen (secondary N) is 1. The minimum Gasteiger partial charge on any atom is -0.310 e. The van der Waals surface area contributed by atoms with E-state index in [1.807, 2.05) is 30.3 Å². The largest absolute Gasteiger partial charge is 0.310 e. The molecule has 2 rings (SSSR count). The highest BCUT2D eigenvalue weighted by Gasteiger charge is 2.13. The maximum Gasteiger partial charge on any atom is 0.131 e. The third-order valence-corrected chi connectivity index (χ3v) is 3.65. The first-order valence-corrected chi connectivity index (χ1v) is 7.20. The first-order chi connectivity index (χ1) is 9.13. The first-order valence-electron chi connectivity index (χ1n) is 6.41. The Morgan fingerprint density at radius 3 is 2.63 bits per heavy atom. The smallest absolute Gasteiger partial charge is 0.131 e. The zero-order valence-electron chi connectivity index (χ0n) is 11.1. The lowest BCUT2D eigenvalue weighted by Crippen LogP contribution is -2.18. The minimum atomic E-state index is -0.195. The van der Waals surface area contributed by atoms with E-state index in [4.69, 9.17) is 0 Å². The van der Waals surface area contributed by atoms with Crippen LogP contribution in [0, 0.1) is 5.82 Å².